The lowest BCUT2D eigenvalue weighted by Gasteiger charge is -2.27. The summed E-state index contributed by atoms with van der Waals surface area (Å²) in [4.78, 5) is 35.5. The zero-order valence-corrected chi connectivity index (χ0v) is 16.9. The number of carbonyl (C=O) groups excluding carboxylic acids is 2. The SMILES string of the molecule is Cc1ccc(S(=O)(=O)NC(=O)N(Cc2ccc([N+](=O)[O-])cc2)[C@@H](C)C(=O)NO)cc1. The minimum absolute atomic E-state index is 0.143. The van der Waals surface area contributed by atoms with Crippen LogP contribution < -0.4 is 10.2 Å². The fraction of sp³-hybridized carbons (Fsp3) is 0.222. The number of aryl methyl sites for hydroxylation is 1. The molecule has 0 aliphatic carbocycles. The lowest BCUT2D eigenvalue weighted by molar-refractivity contribution is -0.384. The number of sulfonamides is 1. The number of nitrogens with one attached hydrogen (secondary N) is 2. The van der Waals surface area contributed by atoms with Crippen molar-refractivity contribution in [2.45, 2.75) is 31.3 Å². The van der Waals surface area contributed by atoms with Crippen molar-refractivity contribution < 1.29 is 28.1 Å². The van der Waals surface area contributed by atoms with Crippen molar-refractivity contribution >= 4 is 27.6 Å². The Balaban J connectivity index is 2.29. The number of urea groups is 1. The van der Waals surface area contributed by atoms with Crippen LogP contribution in [0.3, 0.4) is 0 Å². The van der Waals surface area contributed by atoms with Gasteiger partial charge in [-0.15, -0.1) is 0 Å². The second-order valence-electron chi connectivity index (χ2n) is 6.43. The number of nitro groups is 1. The number of hydrogen-bond donors (Lipinski definition) is 3. The van der Waals surface area contributed by atoms with Crippen molar-refractivity contribution in [3.8, 4) is 0 Å². The van der Waals surface area contributed by atoms with E-state index in [-0.39, 0.29) is 17.1 Å². The summed E-state index contributed by atoms with van der Waals surface area (Å²) in [5.41, 5.74) is 2.47. The lowest BCUT2D eigenvalue weighted by Crippen LogP contribution is -2.51. The van der Waals surface area contributed by atoms with E-state index in [1.807, 2.05) is 4.72 Å². The van der Waals surface area contributed by atoms with Gasteiger partial charge in [0.05, 0.1) is 9.82 Å². The van der Waals surface area contributed by atoms with Gasteiger partial charge in [0, 0.05) is 18.7 Å². The fourth-order valence-electron chi connectivity index (χ4n) is 2.49. The number of hydroxylamine groups is 1. The first-order chi connectivity index (χ1) is 14.0. The quantitative estimate of drug-likeness (QED) is 0.338. The van der Waals surface area contributed by atoms with Gasteiger partial charge >= 0.3 is 6.03 Å². The van der Waals surface area contributed by atoms with Crippen molar-refractivity contribution in [3.63, 3.8) is 0 Å². The highest BCUT2D eigenvalue weighted by molar-refractivity contribution is 7.90. The Morgan fingerprint density at radius 2 is 1.70 bits per heavy atom. The summed E-state index contributed by atoms with van der Waals surface area (Å²) >= 11 is 0. The molecule has 3 N–H and O–H groups in total. The van der Waals surface area contributed by atoms with E-state index < -0.39 is 32.9 Å². The molecular weight excluding hydrogens is 416 g/mol. The van der Waals surface area contributed by atoms with Crippen LogP contribution in [0.5, 0.6) is 0 Å². The maximum atomic E-state index is 12.7. The molecule has 12 heteroatoms. The van der Waals surface area contributed by atoms with Gasteiger partial charge in [0.25, 0.3) is 21.6 Å². The van der Waals surface area contributed by atoms with Crippen molar-refractivity contribution in [2.75, 3.05) is 0 Å². The van der Waals surface area contributed by atoms with Gasteiger partial charge in [-0.1, -0.05) is 29.8 Å². The minimum Gasteiger partial charge on any atom is -0.308 e. The van der Waals surface area contributed by atoms with Gasteiger partial charge < -0.3 is 4.90 Å². The second kappa shape index (κ2) is 9.33. The molecule has 3 amide bonds. The number of nitro benzene ring substituents is 1. The smallest absolute Gasteiger partial charge is 0.308 e. The fourth-order valence-corrected chi connectivity index (χ4v) is 3.45. The molecule has 1 atom stereocenters. The maximum Gasteiger partial charge on any atom is 0.332 e. The predicted octanol–water partition coefficient (Wildman–Crippen LogP) is 1.70. The normalized spacial score (nSPS) is 12.0. The summed E-state index contributed by atoms with van der Waals surface area (Å²) in [7, 11) is -4.22. The largest absolute Gasteiger partial charge is 0.332 e. The van der Waals surface area contributed by atoms with E-state index in [4.69, 9.17) is 5.21 Å². The summed E-state index contributed by atoms with van der Waals surface area (Å²) in [6, 6.07) is 8.60. The Labute approximate surface area is 172 Å². The first-order valence-electron chi connectivity index (χ1n) is 8.62. The Kier molecular flexibility index (Phi) is 7.08. The molecule has 11 nitrogen and oxygen atoms in total. The Bertz CT molecular complexity index is 1040. The van der Waals surface area contributed by atoms with Crippen LogP contribution in [0.1, 0.15) is 18.1 Å². The highest BCUT2D eigenvalue weighted by Crippen LogP contribution is 2.16. The Morgan fingerprint density at radius 1 is 1.13 bits per heavy atom. The number of carbonyl (C=O) groups is 2. The van der Waals surface area contributed by atoms with Crippen LogP contribution in [-0.2, 0) is 21.4 Å². The zero-order valence-electron chi connectivity index (χ0n) is 16.1. The molecule has 0 radical (unpaired) electrons. The molecule has 2 aromatic carbocycles. The molecule has 0 bridgehead atoms. The van der Waals surface area contributed by atoms with E-state index in [1.165, 1.54) is 48.8 Å². The summed E-state index contributed by atoms with van der Waals surface area (Å²) in [6.07, 6.45) is 0. The van der Waals surface area contributed by atoms with E-state index in [2.05, 4.69) is 0 Å². The summed E-state index contributed by atoms with van der Waals surface area (Å²) in [5.74, 6) is -0.945. The predicted molar refractivity (Wildman–Crippen MR) is 105 cm³/mol. The van der Waals surface area contributed by atoms with Gasteiger partial charge in [-0.05, 0) is 31.5 Å². The summed E-state index contributed by atoms with van der Waals surface area (Å²) in [6.45, 7) is 2.81. The molecule has 0 fully saturated rings. The van der Waals surface area contributed by atoms with Gasteiger partial charge in [-0.2, -0.15) is 0 Å². The van der Waals surface area contributed by atoms with E-state index >= 15 is 0 Å². The van der Waals surface area contributed by atoms with Crippen molar-refractivity contribution in [1.82, 2.24) is 15.1 Å². The van der Waals surface area contributed by atoms with Crippen LogP contribution in [0.4, 0.5) is 10.5 Å². The Morgan fingerprint density at radius 3 is 2.20 bits per heavy atom. The molecule has 0 aliphatic heterocycles. The van der Waals surface area contributed by atoms with Crippen LogP contribution in [0.2, 0.25) is 0 Å². The van der Waals surface area contributed by atoms with Crippen molar-refractivity contribution in [3.05, 3.63) is 69.8 Å². The molecular formula is C18H20N4O7S. The van der Waals surface area contributed by atoms with E-state index in [0.717, 1.165) is 10.5 Å². The number of non-ortho nitro benzene ring substituents is 1. The average Bonchev–Trinajstić information content (AvgIpc) is 2.71. The molecule has 0 saturated heterocycles. The van der Waals surface area contributed by atoms with Gasteiger partial charge in [0.1, 0.15) is 6.04 Å². The molecule has 0 spiro atoms. The molecule has 0 aliphatic rings. The van der Waals surface area contributed by atoms with Crippen molar-refractivity contribution in [2.24, 2.45) is 0 Å². The third kappa shape index (κ3) is 5.52. The number of rotatable bonds is 7. The van der Waals surface area contributed by atoms with Crippen LogP contribution in [0.25, 0.3) is 0 Å². The highest BCUT2D eigenvalue weighted by Gasteiger charge is 2.29. The molecule has 0 aromatic heterocycles. The number of benzene rings is 2. The number of amides is 3. The second-order valence-corrected chi connectivity index (χ2v) is 8.11. The standard InChI is InChI=1S/C18H20N4O7S/c1-12-3-9-16(10-4-12)30(28,29)20-18(24)21(13(2)17(23)19-25)11-14-5-7-15(8-6-14)22(26)27/h3-10,13,25H,11H2,1-2H3,(H,19,23)(H,20,24)/t13-/m0/s1. The van der Waals surface area contributed by atoms with Crippen LogP contribution in [0, 0.1) is 17.0 Å². The maximum absolute atomic E-state index is 12.7. The van der Waals surface area contributed by atoms with Crippen LogP contribution in [-0.4, -0.2) is 41.4 Å². The van der Waals surface area contributed by atoms with Crippen molar-refractivity contribution in [1.29, 1.82) is 0 Å². The van der Waals surface area contributed by atoms with Crippen LogP contribution in [0.15, 0.2) is 53.4 Å². The molecule has 30 heavy (non-hydrogen) atoms. The molecule has 0 unspecified atom stereocenters. The highest BCUT2D eigenvalue weighted by atomic mass is 32.2. The third-order valence-electron chi connectivity index (χ3n) is 4.27. The molecule has 2 rings (SSSR count). The molecule has 160 valence electrons. The number of hydrogen-bond acceptors (Lipinski definition) is 7. The average molecular weight is 436 g/mol. The van der Waals surface area contributed by atoms with Gasteiger partial charge in [0.15, 0.2) is 0 Å². The zero-order chi connectivity index (χ0) is 22.5. The van der Waals surface area contributed by atoms with Gasteiger partial charge in [-0.3, -0.25) is 20.1 Å². The monoisotopic (exact) mass is 436 g/mol. The third-order valence-corrected chi connectivity index (χ3v) is 5.61. The van der Waals surface area contributed by atoms with E-state index in [9.17, 15) is 28.1 Å². The van der Waals surface area contributed by atoms with E-state index in [1.54, 1.807) is 19.1 Å². The Hall–Kier alpha value is -3.51. The minimum atomic E-state index is -4.22. The summed E-state index contributed by atoms with van der Waals surface area (Å²) < 4.78 is 26.9. The molecule has 0 saturated carbocycles. The van der Waals surface area contributed by atoms with Crippen LogP contribution >= 0.6 is 0 Å². The number of nitrogens with zero attached hydrogens (tertiary/aromatic N) is 2. The first-order valence-corrected chi connectivity index (χ1v) is 10.1. The molecule has 0 heterocycles. The molecule has 2 aromatic rings. The summed E-state index contributed by atoms with van der Waals surface area (Å²) in [5, 5.41) is 19.7. The first kappa shape index (κ1) is 22.8. The topological polar surface area (TPSA) is 159 Å². The van der Waals surface area contributed by atoms with Gasteiger partial charge in [-0.25, -0.2) is 23.4 Å². The lowest BCUT2D eigenvalue weighted by atomic mass is 10.1. The van der Waals surface area contributed by atoms with Gasteiger partial charge in [0.2, 0.25) is 0 Å². The van der Waals surface area contributed by atoms with E-state index in [0.29, 0.717) is 5.56 Å².